The van der Waals surface area contributed by atoms with Crippen LogP contribution in [0.1, 0.15) is 21.9 Å². The van der Waals surface area contributed by atoms with E-state index in [0.717, 1.165) is 28.0 Å². The standard InChI is InChI=1S/C20H17NO6S/c1-25-14-8-6-13(7-9-14)4-3-5-17-18(22)21(20(24)28-17)12-15-10-11-16(27-15)19(23)26-2/h3-11H,12H2,1-2H3. The summed E-state index contributed by atoms with van der Waals surface area (Å²) in [6, 6.07) is 10.4. The lowest BCUT2D eigenvalue weighted by Crippen LogP contribution is -2.27. The van der Waals surface area contributed by atoms with Crippen LogP contribution in [0.5, 0.6) is 5.75 Å². The summed E-state index contributed by atoms with van der Waals surface area (Å²) in [4.78, 5) is 37.4. The first-order chi connectivity index (χ1) is 13.5. The molecule has 1 saturated heterocycles. The molecule has 8 heteroatoms. The number of nitrogens with zero attached hydrogens (tertiary/aromatic N) is 1. The molecule has 3 rings (SSSR count). The molecule has 2 amide bonds. The number of furan rings is 1. The van der Waals surface area contributed by atoms with Gasteiger partial charge in [-0.05, 0) is 47.7 Å². The third kappa shape index (κ3) is 4.34. The number of hydrogen-bond donors (Lipinski definition) is 0. The highest BCUT2D eigenvalue weighted by atomic mass is 32.2. The molecule has 0 unspecified atom stereocenters. The Morgan fingerprint density at radius 1 is 1.14 bits per heavy atom. The Labute approximate surface area is 165 Å². The van der Waals surface area contributed by atoms with Crippen LogP contribution in [0.3, 0.4) is 0 Å². The second-order valence-corrected chi connectivity index (χ2v) is 6.67. The summed E-state index contributed by atoms with van der Waals surface area (Å²) >= 11 is 0.854. The van der Waals surface area contributed by atoms with Crippen molar-refractivity contribution >= 4 is 35.0 Å². The Bertz CT molecular complexity index is 957. The highest BCUT2D eigenvalue weighted by Crippen LogP contribution is 2.32. The fourth-order valence-electron chi connectivity index (χ4n) is 2.44. The molecule has 1 aliphatic rings. The molecule has 0 aliphatic carbocycles. The molecule has 0 saturated carbocycles. The maximum absolute atomic E-state index is 12.5. The van der Waals surface area contributed by atoms with Crippen molar-refractivity contribution in [3.8, 4) is 5.75 Å². The van der Waals surface area contributed by atoms with Gasteiger partial charge in [-0.3, -0.25) is 14.5 Å². The Kier molecular flexibility index (Phi) is 6.00. The maximum atomic E-state index is 12.5. The molecular weight excluding hydrogens is 382 g/mol. The van der Waals surface area contributed by atoms with E-state index in [2.05, 4.69) is 4.74 Å². The van der Waals surface area contributed by atoms with Crippen LogP contribution in [0.15, 0.2) is 57.9 Å². The Hall–Kier alpha value is -3.26. The van der Waals surface area contributed by atoms with Gasteiger partial charge in [0.2, 0.25) is 5.76 Å². The zero-order valence-corrected chi connectivity index (χ0v) is 16.0. The first kappa shape index (κ1) is 19.5. The number of imide groups is 1. The number of methoxy groups -OCH3 is 2. The summed E-state index contributed by atoms with van der Waals surface area (Å²) in [5.74, 6) is 0.0565. The van der Waals surface area contributed by atoms with Gasteiger partial charge in [0.05, 0.1) is 25.7 Å². The number of ether oxygens (including phenoxy) is 2. The lowest BCUT2D eigenvalue weighted by Gasteiger charge is -2.09. The number of hydrogen-bond acceptors (Lipinski definition) is 7. The summed E-state index contributed by atoms with van der Waals surface area (Å²) in [5, 5.41) is -0.398. The van der Waals surface area contributed by atoms with Gasteiger partial charge in [-0.2, -0.15) is 0 Å². The first-order valence-corrected chi connectivity index (χ1v) is 9.06. The third-order valence-corrected chi connectivity index (χ3v) is 4.81. The van der Waals surface area contributed by atoms with Gasteiger partial charge < -0.3 is 13.9 Å². The number of amides is 2. The summed E-state index contributed by atoms with van der Waals surface area (Å²) in [6.45, 7) is -0.0544. The SMILES string of the molecule is COC(=O)c1ccc(CN2C(=O)SC(=CC=Cc3ccc(OC)cc3)C2=O)o1. The van der Waals surface area contributed by atoms with Gasteiger partial charge in [-0.15, -0.1) is 0 Å². The minimum absolute atomic E-state index is 0.0161. The molecule has 0 radical (unpaired) electrons. The van der Waals surface area contributed by atoms with Gasteiger partial charge >= 0.3 is 5.97 Å². The van der Waals surface area contributed by atoms with E-state index in [4.69, 9.17) is 9.15 Å². The van der Waals surface area contributed by atoms with Crippen molar-refractivity contribution in [1.82, 2.24) is 4.90 Å². The molecule has 0 atom stereocenters. The van der Waals surface area contributed by atoms with Crippen molar-refractivity contribution in [2.75, 3.05) is 14.2 Å². The van der Waals surface area contributed by atoms with Crippen LogP contribution in [0.4, 0.5) is 4.79 Å². The van der Waals surface area contributed by atoms with Crippen molar-refractivity contribution in [1.29, 1.82) is 0 Å². The Morgan fingerprint density at radius 2 is 1.89 bits per heavy atom. The smallest absolute Gasteiger partial charge is 0.373 e. The van der Waals surface area contributed by atoms with E-state index >= 15 is 0 Å². The molecule has 1 aliphatic heterocycles. The number of thioether (sulfide) groups is 1. The monoisotopic (exact) mass is 399 g/mol. The van der Waals surface area contributed by atoms with Crippen LogP contribution in [0, 0.1) is 0 Å². The fourth-order valence-corrected chi connectivity index (χ4v) is 3.23. The molecular formula is C20H17NO6S. The van der Waals surface area contributed by atoms with Crippen LogP contribution in [0.2, 0.25) is 0 Å². The summed E-state index contributed by atoms with van der Waals surface area (Å²) < 4.78 is 15.0. The van der Waals surface area contributed by atoms with Crippen molar-refractivity contribution in [2.45, 2.75) is 6.54 Å². The molecule has 0 N–H and O–H groups in total. The van der Waals surface area contributed by atoms with Crippen molar-refractivity contribution in [3.63, 3.8) is 0 Å². The highest BCUT2D eigenvalue weighted by Gasteiger charge is 2.35. The van der Waals surface area contributed by atoms with Crippen molar-refractivity contribution in [2.24, 2.45) is 0 Å². The lowest BCUT2D eigenvalue weighted by molar-refractivity contribution is -0.123. The average molecular weight is 399 g/mol. The summed E-state index contributed by atoms with van der Waals surface area (Å²) in [6.07, 6.45) is 5.13. The molecule has 2 aromatic rings. The normalized spacial score (nSPS) is 15.6. The molecule has 1 aromatic heterocycles. The van der Waals surface area contributed by atoms with Crippen molar-refractivity contribution < 1.29 is 28.3 Å². The van der Waals surface area contributed by atoms with Crippen LogP contribution >= 0.6 is 11.8 Å². The van der Waals surface area contributed by atoms with Gasteiger partial charge in [0.25, 0.3) is 11.1 Å². The largest absolute Gasteiger partial charge is 0.497 e. The molecule has 28 heavy (non-hydrogen) atoms. The minimum atomic E-state index is -0.621. The van der Waals surface area contributed by atoms with Crippen LogP contribution in [-0.2, 0) is 16.1 Å². The van der Waals surface area contributed by atoms with Crippen LogP contribution in [0.25, 0.3) is 6.08 Å². The number of rotatable bonds is 6. The second kappa shape index (κ2) is 8.62. The zero-order valence-electron chi connectivity index (χ0n) is 15.2. The minimum Gasteiger partial charge on any atom is -0.497 e. The fraction of sp³-hybridized carbons (Fsp3) is 0.150. The maximum Gasteiger partial charge on any atom is 0.373 e. The molecule has 144 valence electrons. The number of benzene rings is 1. The van der Waals surface area contributed by atoms with E-state index in [1.165, 1.54) is 19.2 Å². The molecule has 1 aromatic carbocycles. The van der Waals surface area contributed by atoms with Gasteiger partial charge in [-0.25, -0.2) is 4.79 Å². The molecule has 0 spiro atoms. The predicted molar refractivity (Wildman–Crippen MR) is 104 cm³/mol. The quantitative estimate of drug-likeness (QED) is 0.538. The lowest BCUT2D eigenvalue weighted by atomic mass is 10.2. The second-order valence-electron chi connectivity index (χ2n) is 5.68. The third-order valence-electron chi connectivity index (χ3n) is 3.89. The molecule has 7 nitrogen and oxygen atoms in total. The predicted octanol–water partition coefficient (Wildman–Crippen LogP) is 3.87. The van der Waals surface area contributed by atoms with E-state index in [1.807, 2.05) is 30.3 Å². The van der Waals surface area contributed by atoms with E-state index in [0.29, 0.717) is 10.7 Å². The number of carbonyl (C=O) groups excluding carboxylic acids is 3. The number of allylic oxidation sites excluding steroid dienone is 2. The van der Waals surface area contributed by atoms with E-state index < -0.39 is 17.1 Å². The Morgan fingerprint density at radius 3 is 2.57 bits per heavy atom. The zero-order chi connectivity index (χ0) is 20.1. The van der Waals surface area contributed by atoms with Gasteiger partial charge in [0, 0.05) is 0 Å². The molecule has 1 fully saturated rings. The number of carbonyl (C=O) groups is 3. The van der Waals surface area contributed by atoms with Gasteiger partial charge in [0.1, 0.15) is 11.5 Å². The van der Waals surface area contributed by atoms with E-state index in [1.54, 1.807) is 19.3 Å². The molecule has 2 heterocycles. The summed E-state index contributed by atoms with van der Waals surface area (Å²) in [7, 11) is 2.84. The highest BCUT2D eigenvalue weighted by molar-refractivity contribution is 8.18. The van der Waals surface area contributed by atoms with E-state index in [9.17, 15) is 14.4 Å². The average Bonchev–Trinajstić information content (AvgIpc) is 3.28. The molecule has 0 bridgehead atoms. The Balaban J connectivity index is 1.66. The van der Waals surface area contributed by atoms with E-state index in [-0.39, 0.29) is 12.3 Å². The summed E-state index contributed by atoms with van der Waals surface area (Å²) in [5.41, 5.74) is 0.933. The number of esters is 1. The van der Waals surface area contributed by atoms with Gasteiger partial charge in [-0.1, -0.05) is 24.3 Å². The topological polar surface area (TPSA) is 86.0 Å². The van der Waals surface area contributed by atoms with Gasteiger partial charge in [0.15, 0.2) is 0 Å². The van der Waals surface area contributed by atoms with Crippen molar-refractivity contribution in [3.05, 3.63) is 70.5 Å². The first-order valence-electron chi connectivity index (χ1n) is 8.25. The van der Waals surface area contributed by atoms with Crippen LogP contribution < -0.4 is 4.74 Å². The van der Waals surface area contributed by atoms with Crippen LogP contribution in [-0.4, -0.2) is 36.2 Å².